The Morgan fingerprint density at radius 2 is 1.87 bits per heavy atom. The lowest BCUT2D eigenvalue weighted by atomic mass is 10.1. The molecule has 2 aliphatic rings. The Morgan fingerprint density at radius 1 is 1.10 bits per heavy atom. The van der Waals surface area contributed by atoms with Gasteiger partial charge in [-0.15, -0.1) is 0 Å². The first-order valence-corrected chi connectivity index (χ1v) is 14.7. The Hall–Kier alpha value is -3.25. The van der Waals surface area contributed by atoms with E-state index in [4.69, 9.17) is 18.8 Å². The van der Waals surface area contributed by atoms with Crippen molar-refractivity contribution in [2.45, 2.75) is 36.1 Å². The first-order chi connectivity index (χ1) is 19.1. The minimum Gasteiger partial charge on any atom is -0.386 e. The summed E-state index contributed by atoms with van der Waals surface area (Å²) >= 11 is 1.44. The molecule has 2 saturated heterocycles. The summed E-state index contributed by atoms with van der Waals surface area (Å²) in [5.41, 5.74) is 2.91. The van der Waals surface area contributed by atoms with Gasteiger partial charge in [0.2, 0.25) is 5.78 Å². The van der Waals surface area contributed by atoms with Crippen LogP contribution in [0, 0.1) is 0 Å². The lowest BCUT2D eigenvalue weighted by molar-refractivity contribution is -0.0583. The molecule has 5 aromatic rings. The lowest BCUT2D eigenvalue weighted by Gasteiger charge is -2.24. The Kier molecular flexibility index (Phi) is 6.38. The second kappa shape index (κ2) is 10.1. The smallest absolute Gasteiger partial charge is 0.319 e. The van der Waals surface area contributed by atoms with E-state index in [2.05, 4.69) is 22.1 Å². The number of H-pyrrole nitrogens is 1. The molecule has 2 fully saturated rings. The summed E-state index contributed by atoms with van der Waals surface area (Å²) in [6.07, 6.45) is -1.08. The maximum absolute atomic E-state index is 13.6. The van der Waals surface area contributed by atoms with Gasteiger partial charge in [-0.05, 0) is 17.5 Å². The van der Waals surface area contributed by atoms with Crippen molar-refractivity contribution >= 4 is 37.0 Å². The fraction of sp³-hybridized carbons (Fsp3) is 0.269. The van der Waals surface area contributed by atoms with Crippen LogP contribution in [0.25, 0.3) is 28.2 Å². The number of nitrogens with one attached hydrogen (secondary N) is 1. The number of hydrogen-bond donors (Lipinski definition) is 2. The molecule has 2 N–H and O–H groups in total. The minimum atomic E-state index is -2.72. The predicted octanol–water partition coefficient (Wildman–Crippen LogP) is 3.44. The number of aromatic amines is 1. The molecular formula is C26H24N5O6PS. The summed E-state index contributed by atoms with van der Waals surface area (Å²) in [5.74, 6) is 1.01. The largest absolute Gasteiger partial charge is 0.386 e. The molecule has 13 heteroatoms. The molecule has 11 nitrogen and oxygen atoms in total. The van der Waals surface area contributed by atoms with Crippen LogP contribution in [-0.4, -0.2) is 59.7 Å². The number of aliphatic hydroxyl groups excluding tert-OH is 1. The van der Waals surface area contributed by atoms with Gasteiger partial charge in [-0.1, -0.05) is 72.4 Å². The van der Waals surface area contributed by atoms with Gasteiger partial charge in [-0.3, -0.25) is 13.9 Å². The van der Waals surface area contributed by atoms with Crippen molar-refractivity contribution in [3.8, 4) is 11.3 Å². The molecule has 0 radical (unpaired) electrons. The molecule has 0 spiro atoms. The molecule has 0 bridgehead atoms. The van der Waals surface area contributed by atoms with Crippen LogP contribution < -0.4 is 5.56 Å². The third kappa shape index (κ3) is 4.43. The van der Waals surface area contributed by atoms with Crippen molar-refractivity contribution in [1.29, 1.82) is 0 Å². The van der Waals surface area contributed by atoms with Crippen LogP contribution in [0.5, 0.6) is 0 Å². The molecule has 7 rings (SSSR count). The number of aromatic nitrogens is 5. The standard InChI is InChI=1S/C26H24N5O6PS/c32-20-21-18(14-35-38(34)37-21)36-24(20)31-22-19(28-26(31)39-12-11-15-7-3-1-4-8-15)23(33)30-13-17(27-25(30)29-22)16-9-5-2-6-10-16/h1-10,13,18,20-21,24,32,38H,11-12,14H2,(H,27,29)/t18?,20-,21+,24+/m0/s1. The van der Waals surface area contributed by atoms with Crippen LogP contribution in [0.4, 0.5) is 0 Å². The summed E-state index contributed by atoms with van der Waals surface area (Å²) in [6.45, 7) is 0.0382. The quantitative estimate of drug-likeness (QED) is 0.235. The Bertz CT molecular complexity index is 1740. The first kappa shape index (κ1) is 24.8. The number of fused-ring (bicyclic) bond motifs is 3. The van der Waals surface area contributed by atoms with Crippen LogP contribution >= 0.6 is 20.0 Å². The average molecular weight is 566 g/mol. The molecule has 5 heterocycles. The highest BCUT2D eigenvalue weighted by Gasteiger charge is 2.50. The Labute approximate surface area is 226 Å². The van der Waals surface area contributed by atoms with E-state index in [1.807, 2.05) is 48.5 Å². The van der Waals surface area contributed by atoms with Crippen molar-refractivity contribution in [2.75, 3.05) is 12.4 Å². The van der Waals surface area contributed by atoms with E-state index < -0.39 is 32.8 Å². The number of aryl methyl sites for hydroxylation is 1. The maximum Gasteiger partial charge on any atom is 0.319 e. The zero-order valence-electron chi connectivity index (χ0n) is 20.5. The molecule has 39 heavy (non-hydrogen) atoms. The summed E-state index contributed by atoms with van der Waals surface area (Å²) in [6, 6.07) is 19.7. The third-order valence-corrected chi connectivity index (χ3v) is 8.75. The molecule has 3 aromatic heterocycles. The van der Waals surface area contributed by atoms with Crippen molar-refractivity contribution in [3.63, 3.8) is 0 Å². The number of aliphatic hydroxyl groups is 1. The highest BCUT2D eigenvalue weighted by atomic mass is 32.2. The average Bonchev–Trinajstić information content (AvgIpc) is 3.64. The fourth-order valence-electron chi connectivity index (χ4n) is 5.02. The highest BCUT2D eigenvalue weighted by molar-refractivity contribution is 7.99. The van der Waals surface area contributed by atoms with E-state index in [-0.39, 0.29) is 23.3 Å². The molecule has 0 aliphatic carbocycles. The van der Waals surface area contributed by atoms with Gasteiger partial charge in [0, 0.05) is 11.9 Å². The molecule has 2 aromatic carbocycles. The predicted molar refractivity (Wildman–Crippen MR) is 145 cm³/mol. The summed E-state index contributed by atoms with van der Waals surface area (Å²) < 4.78 is 31.7. The van der Waals surface area contributed by atoms with Crippen molar-refractivity contribution in [2.24, 2.45) is 0 Å². The van der Waals surface area contributed by atoms with Gasteiger partial charge >= 0.3 is 8.25 Å². The van der Waals surface area contributed by atoms with Gasteiger partial charge in [-0.2, -0.15) is 4.98 Å². The molecule has 2 unspecified atom stereocenters. The molecule has 0 saturated carbocycles. The van der Waals surface area contributed by atoms with Crippen LogP contribution in [0.2, 0.25) is 0 Å². The van der Waals surface area contributed by atoms with E-state index in [9.17, 15) is 14.5 Å². The van der Waals surface area contributed by atoms with E-state index in [0.717, 1.165) is 17.7 Å². The number of ether oxygens (including phenoxy) is 1. The van der Waals surface area contributed by atoms with Crippen LogP contribution in [-0.2, 0) is 24.8 Å². The fourth-order valence-corrected chi connectivity index (χ4v) is 6.90. The number of hydrogen-bond acceptors (Lipinski definition) is 9. The molecule has 200 valence electrons. The van der Waals surface area contributed by atoms with Crippen molar-refractivity contribution in [1.82, 2.24) is 23.9 Å². The number of benzene rings is 2. The summed E-state index contributed by atoms with van der Waals surface area (Å²) in [5, 5.41) is 11.7. The van der Waals surface area contributed by atoms with Crippen LogP contribution in [0.3, 0.4) is 0 Å². The lowest BCUT2D eigenvalue weighted by Crippen LogP contribution is -2.37. The van der Waals surface area contributed by atoms with E-state index >= 15 is 0 Å². The van der Waals surface area contributed by atoms with Gasteiger partial charge in [0.05, 0.1) is 12.3 Å². The summed E-state index contributed by atoms with van der Waals surface area (Å²) in [7, 11) is -2.72. The number of rotatable bonds is 6. The molecular weight excluding hydrogens is 541 g/mol. The van der Waals surface area contributed by atoms with Gasteiger partial charge in [0.15, 0.2) is 22.5 Å². The number of thioether (sulfide) groups is 1. The second-order valence-corrected chi connectivity index (χ2v) is 11.5. The minimum absolute atomic E-state index is 0.0382. The number of imidazole rings is 2. The van der Waals surface area contributed by atoms with E-state index in [0.29, 0.717) is 16.7 Å². The van der Waals surface area contributed by atoms with E-state index in [1.165, 1.54) is 21.7 Å². The number of nitrogens with zero attached hydrogens (tertiary/aromatic N) is 4. The molecule has 0 amide bonds. The Morgan fingerprint density at radius 3 is 2.67 bits per heavy atom. The summed E-state index contributed by atoms with van der Waals surface area (Å²) in [4.78, 5) is 26.3. The SMILES string of the molecule is O=c1c2nc(SCCc3ccccc3)n([C@@H]3OC4CO[PH](=O)O[C@H]4[C@@H]3O)c2nc2[nH]c(-c3ccccc3)cn12. The first-order valence-electron chi connectivity index (χ1n) is 12.5. The zero-order valence-corrected chi connectivity index (χ0v) is 22.3. The second-order valence-electron chi connectivity index (χ2n) is 9.36. The monoisotopic (exact) mass is 565 g/mol. The molecule has 5 atom stereocenters. The maximum atomic E-state index is 13.6. The topological polar surface area (TPSA) is 133 Å². The zero-order chi connectivity index (χ0) is 26.5. The van der Waals surface area contributed by atoms with Crippen molar-refractivity contribution < 1.29 is 23.5 Å². The molecule has 2 aliphatic heterocycles. The van der Waals surface area contributed by atoms with Crippen LogP contribution in [0.1, 0.15) is 11.8 Å². The van der Waals surface area contributed by atoms with E-state index in [1.54, 1.807) is 10.8 Å². The Balaban J connectivity index is 1.32. The van der Waals surface area contributed by atoms with Gasteiger partial charge in [-0.25, -0.2) is 9.38 Å². The van der Waals surface area contributed by atoms with Gasteiger partial charge < -0.3 is 23.9 Å². The normalized spacial score (nSPS) is 24.9. The van der Waals surface area contributed by atoms with Gasteiger partial charge in [0.1, 0.15) is 18.3 Å². The third-order valence-electron chi connectivity index (χ3n) is 6.93. The van der Waals surface area contributed by atoms with Crippen LogP contribution in [0.15, 0.2) is 76.8 Å². The highest BCUT2D eigenvalue weighted by Crippen LogP contribution is 2.44. The van der Waals surface area contributed by atoms with Crippen molar-refractivity contribution in [3.05, 3.63) is 82.8 Å². The van der Waals surface area contributed by atoms with Gasteiger partial charge in [0.25, 0.3) is 5.56 Å².